The molecule has 1 saturated heterocycles. The first-order valence-corrected chi connectivity index (χ1v) is 8.19. The molecular weight excluding hydrogens is 284 g/mol. The molecule has 106 valence electrons. The van der Waals surface area contributed by atoms with E-state index in [1.807, 2.05) is 0 Å². The van der Waals surface area contributed by atoms with Crippen LogP contribution in [0.25, 0.3) is 0 Å². The molecule has 1 fully saturated rings. The van der Waals surface area contributed by atoms with Crippen LogP contribution in [0, 0.1) is 6.92 Å². The molecular formula is C13H19ClN2O2S. The zero-order valence-corrected chi connectivity index (χ0v) is 12.8. The third-order valence-electron chi connectivity index (χ3n) is 3.47. The van der Waals surface area contributed by atoms with Crippen molar-refractivity contribution in [2.45, 2.75) is 30.7 Å². The zero-order valence-electron chi connectivity index (χ0n) is 11.2. The summed E-state index contributed by atoms with van der Waals surface area (Å²) < 4.78 is 26.4. The van der Waals surface area contributed by atoms with Crippen molar-refractivity contribution in [1.82, 2.24) is 9.62 Å². The second-order valence-corrected chi connectivity index (χ2v) is 7.44. The fourth-order valence-corrected chi connectivity index (χ4v) is 4.04. The highest BCUT2D eigenvalue weighted by Gasteiger charge is 2.26. The average Bonchev–Trinajstić information content (AvgIpc) is 2.81. The monoisotopic (exact) mass is 302 g/mol. The van der Waals surface area contributed by atoms with Crippen molar-refractivity contribution in [3.05, 3.63) is 28.8 Å². The number of rotatable bonds is 4. The van der Waals surface area contributed by atoms with Crippen LogP contribution in [0.2, 0.25) is 5.02 Å². The molecule has 1 aromatic carbocycles. The van der Waals surface area contributed by atoms with Crippen LogP contribution in [0.1, 0.15) is 18.4 Å². The van der Waals surface area contributed by atoms with Crippen molar-refractivity contribution < 1.29 is 8.42 Å². The third-order valence-corrected chi connectivity index (χ3v) is 5.68. The Kier molecular flexibility index (Phi) is 4.50. The minimum absolute atomic E-state index is 0.257. The van der Waals surface area contributed by atoms with E-state index in [9.17, 15) is 8.42 Å². The fourth-order valence-electron chi connectivity index (χ4n) is 2.39. The number of hydrogen-bond donors (Lipinski definition) is 1. The van der Waals surface area contributed by atoms with Crippen molar-refractivity contribution >= 4 is 21.6 Å². The third kappa shape index (κ3) is 3.28. The van der Waals surface area contributed by atoms with E-state index in [1.54, 1.807) is 32.2 Å². The second-order valence-electron chi connectivity index (χ2n) is 4.99. The summed E-state index contributed by atoms with van der Waals surface area (Å²) in [5.74, 6) is 0. The van der Waals surface area contributed by atoms with E-state index >= 15 is 0 Å². The predicted molar refractivity (Wildman–Crippen MR) is 77.0 cm³/mol. The van der Waals surface area contributed by atoms with Gasteiger partial charge in [0.2, 0.25) is 10.0 Å². The fraction of sp³-hybridized carbons (Fsp3) is 0.538. The topological polar surface area (TPSA) is 49.4 Å². The highest BCUT2D eigenvalue weighted by atomic mass is 35.5. The molecule has 0 amide bonds. The molecule has 0 spiro atoms. The Labute approximate surface area is 119 Å². The van der Waals surface area contributed by atoms with Crippen molar-refractivity contribution in [1.29, 1.82) is 0 Å². The molecule has 1 aliphatic heterocycles. The molecule has 4 nitrogen and oxygen atoms in total. The molecule has 0 radical (unpaired) electrons. The Morgan fingerprint density at radius 2 is 2.21 bits per heavy atom. The quantitative estimate of drug-likeness (QED) is 0.926. The molecule has 1 heterocycles. The Morgan fingerprint density at radius 1 is 1.47 bits per heavy atom. The lowest BCUT2D eigenvalue weighted by molar-refractivity contribution is 0.417. The number of hydrogen-bond acceptors (Lipinski definition) is 3. The molecule has 6 heteroatoms. The lowest BCUT2D eigenvalue weighted by Gasteiger charge is -2.22. The van der Waals surface area contributed by atoms with Crippen molar-refractivity contribution in [2.24, 2.45) is 0 Å². The summed E-state index contributed by atoms with van der Waals surface area (Å²) in [7, 11) is -1.81. The number of nitrogens with one attached hydrogen (secondary N) is 1. The summed E-state index contributed by atoms with van der Waals surface area (Å²) in [6.07, 6.45) is 2.14. The van der Waals surface area contributed by atoms with Gasteiger partial charge < -0.3 is 5.32 Å². The number of sulfonamides is 1. The largest absolute Gasteiger partial charge is 0.313 e. The van der Waals surface area contributed by atoms with Gasteiger partial charge in [-0.15, -0.1) is 0 Å². The first kappa shape index (κ1) is 14.8. The van der Waals surface area contributed by atoms with Gasteiger partial charge in [-0.3, -0.25) is 0 Å². The standard InChI is InChI=1S/C13H19ClN2O2S/c1-10-8-11(14)5-6-13(10)19(17,18)16(2)9-12-4-3-7-15-12/h5-6,8,12,15H,3-4,7,9H2,1-2H3. The lowest BCUT2D eigenvalue weighted by Crippen LogP contribution is -2.38. The SMILES string of the molecule is Cc1cc(Cl)ccc1S(=O)(=O)N(C)CC1CCCN1. The van der Waals surface area contributed by atoms with E-state index < -0.39 is 10.0 Å². The molecule has 1 aliphatic rings. The van der Waals surface area contributed by atoms with E-state index in [-0.39, 0.29) is 6.04 Å². The normalized spacial score (nSPS) is 20.1. The van der Waals surface area contributed by atoms with Gasteiger partial charge in [0.15, 0.2) is 0 Å². The first-order chi connectivity index (χ1) is 8.91. The maximum Gasteiger partial charge on any atom is 0.243 e. The number of nitrogens with zero attached hydrogens (tertiary/aromatic N) is 1. The van der Waals surface area contributed by atoms with Crippen LogP contribution in [-0.2, 0) is 10.0 Å². The molecule has 0 aliphatic carbocycles. The molecule has 0 aromatic heterocycles. The maximum atomic E-state index is 12.5. The molecule has 19 heavy (non-hydrogen) atoms. The second kappa shape index (κ2) is 5.79. The number of aryl methyl sites for hydroxylation is 1. The molecule has 2 rings (SSSR count). The van der Waals surface area contributed by atoms with E-state index in [4.69, 9.17) is 11.6 Å². The number of benzene rings is 1. The van der Waals surface area contributed by atoms with Crippen molar-refractivity contribution in [2.75, 3.05) is 20.1 Å². The van der Waals surface area contributed by atoms with Crippen LogP contribution in [0.3, 0.4) is 0 Å². The minimum atomic E-state index is -3.44. The van der Waals surface area contributed by atoms with E-state index in [1.165, 1.54) is 4.31 Å². The van der Waals surface area contributed by atoms with Gasteiger partial charge >= 0.3 is 0 Å². The number of halogens is 1. The Hall–Kier alpha value is -0.620. The maximum absolute atomic E-state index is 12.5. The van der Waals surface area contributed by atoms with Gasteiger partial charge in [-0.25, -0.2) is 8.42 Å². The minimum Gasteiger partial charge on any atom is -0.313 e. The summed E-state index contributed by atoms with van der Waals surface area (Å²) in [6, 6.07) is 5.12. The number of likely N-dealkylation sites (N-methyl/N-ethyl adjacent to an activating group) is 1. The van der Waals surface area contributed by atoms with E-state index in [2.05, 4.69) is 5.32 Å². The molecule has 1 aromatic rings. The van der Waals surface area contributed by atoms with Crippen LogP contribution in [0.4, 0.5) is 0 Å². The molecule has 0 saturated carbocycles. The molecule has 1 atom stereocenters. The van der Waals surface area contributed by atoms with Gasteiger partial charge in [-0.1, -0.05) is 11.6 Å². The van der Waals surface area contributed by atoms with Crippen LogP contribution >= 0.6 is 11.6 Å². The van der Waals surface area contributed by atoms with Crippen LogP contribution in [0.5, 0.6) is 0 Å². The van der Waals surface area contributed by atoms with Crippen LogP contribution in [-0.4, -0.2) is 38.9 Å². The van der Waals surface area contributed by atoms with E-state index in [0.717, 1.165) is 19.4 Å². The average molecular weight is 303 g/mol. The van der Waals surface area contributed by atoms with Crippen molar-refractivity contribution in [3.8, 4) is 0 Å². The van der Waals surface area contributed by atoms with Gasteiger partial charge in [0.25, 0.3) is 0 Å². The van der Waals surface area contributed by atoms with Gasteiger partial charge in [-0.2, -0.15) is 4.31 Å². The summed E-state index contributed by atoms with van der Waals surface area (Å²) >= 11 is 5.87. The van der Waals surface area contributed by atoms with Gasteiger partial charge in [-0.05, 0) is 50.1 Å². The van der Waals surface area contributed by atoms with Gasteiger partial charge in [0.05, 0.1) is 4.90 Å². The van der Waals surface area contributed by atoms with Crippen LogP contribution in [0.15, 0.2) is 23.1 Å². The molecule has 0 bridgehead atoms. The Bertz CT molecular complexity index is 554. The zero-order chi connectivity index (χ0) is 14.0. The van der Waals surface area contributed by atoms with Gasteiger partial charge in [0.1, 0.15) is 0 Å². The summed E-state index contributed by atoms with van der Waals surface area (Å²) in [5, 5.41) is 3.86. The molecule has 1 N–H and O–H groups in total. The highest BCUT2D eigenvalue weighted by molar-refractivity contribution is 7.89. The lowest BCUT2D eigenvalue weighted by atomic mass is 10.2. The van der Waals surface area contributed by atoms with Crippen LogP contribution < -0.4 is 5.32 Å². The van der Waals surface area contributed by atoms with Crippen molar-refractivity contribution in [3.63, 3.8) is 0 Å². The van der Waals surface area contributed by atoms with E-state index in [0.29, 0.717) is 22.0 Å². The molecule has 1 unspecified atom stereocenters. The summed E-state index contributed by atoms with van der Waals surface area (Å²) in [4.78, 5) is 0.331. The Morgan fingerprint density at radius 3 is 2.79 bits per heavy atom. The predicted octanol–water partition coefficient (Wildman–Crippen LogP) is 2.02. The Balaban J connectivity index is 2.20. The van der Waals surface area contributed by atoms with Gasteiger partial charge in [0, 0.05) is 24.7 Å². The highest BCUT2D eigenvalue weighted by Crippen LogP contribution is 2.23. The first-order valence-electron chi connectivity index (χ1n) is 6.37. The smallest absolute Gasteiger partial charge is 0.243 e. The summed E-state index contributed by atoms with van der Waals surface area (Å²) in [6.45, 7) is 3.24. The summed E-state index contributed by atoms with van der Waals surface area (Å²) in [5.41, 5.74) is 0.679.